The number of rotatable bonds is 2. The number of hydrogen-bond donors (Lipinski definition) is 2. The van der Waals surface area contributed by atoms with Crippen LogP contribution in [0.15, 0.2) is 0 Å². The second-order valence-corrected chi connectivity index (χ2v) is 2.32. The summed E-state index contributed by atoms with van der Waals surface area (Å²) in [5.74, 6) is 0. The standard InChI is InChI=1S/C5H10FNO/c6-5(1-2-5)4(7)3-8/h4,8H,1-3,7H2. The van der Waals surface area contributed by atoms with Crippen LogP contribution in [0, 0.1) is 0 Å². The zero-order valence-electron chi connectivity index (χ0n) is 4.60. The van der Waals surface area contributed by atoms with Crippen molar-refractivity contribution >= 4 is 0 Å². The fourth-order valence-corrected chi connectivity index (χ4v) is 0.654. The first-order valence-electron chi connectivity index (χ1n) is 2.74. The minimum absolute atomic E-state index is 0.240. The van der Waals surface area contributed by atoms with Gasteiger partial charge in [0.05, 0.1) is 12.6 Å². The van der Waals surface area contributed by atoms with Gasteiger partial charge < -0.3 is 10.8 Å². The van der Waals surface area contributed by atoms with Gasteiger partial charge in [-0.25, -0.2) is 4.39 Å². The van der Waals surface area contributed by atoms with E-state index in [1.165, 1.54) is 0 Å². The van der Waals surface area contributed by atoms with E-state index < -0.39 is 11.7 Å². The molecule has 1 saturated carbocycles. The SMILES string of the molecule is NC(CO)C1(F)CC1. The summed E-state index contributed by atoms with van der Waals surface area (Å²) < 4.78 is 12.6. The number of halogens is 1. The van der Waals surface area contributed by atoms with Gasteiger partial charge in [0.15, 0.2) is 0 Å². The Hall–Kier alpha value is -0.150. The molecular formula is C5H10FNO. The number of aliphatic hydroxyl groups excluding tert-OH is 1. The van der Waals surface area contributed by atoms with E-state index in [1.54, 1.807) is 0 Å². The minimum atomic E-state index is -1.21. The van der Waals surface area contributed by atoms with E-state index in [1.807, 2.05) is 0 Å². The van der Waals surface area contributed by atoms with Crippen LogP contribution in [0.4, 0.5) is 4.39 Å². The number of hydrogen-bond acceptors (Lipinski definition) is 2. The fraction of sp³-hybridized carbons (Fsp3) is 1.00. The molecule has 0 bridgehead atoms. The molecule has 1 aliphatic carbocycles. The topological polar surface area (TPSA) is 46.2 Å². The van der Waals surface area contributed by atoms with Crippen LogP contribution in [0.5, 0.6) is 0 Å². The molecule has 0 saturated heterocycles. The fourth-order valence-electron chi connectivity index (χ4n) is 0.654. The van der Waals surface area contributed by atoms with Crippen LogP contribution >= 0.6 is 0 Å². The van der Waals surface area contributed by atoms with Gasteiger partial charge in [-0.3, -0.25) is 0 Å². The third-order valence-corrected chi connectivity index (χ3v) is 1.59. The molecule has 8 heavy (non-hydrogen) atoms. The zero-order valence-corrected chi connectivity index (χ0v) is 4.60. The molecular weight excluding hydrogens is 109 g/mol. The third-order valence-electron chi connectivity index (χ3n) is 1.59. The maximum Gasteiger partial charge on any atom is 0.128 e. The van der Waals surface area contributed by atoms with Crippen molar-refractivity contribution < 1.29 is 9.50 Å². The van der Waals surface area contributed by atoms with E-state index in [-0.39, 0.29) is 6.61 Å². The van der Waals surface area contributed by atoms with Crippen LogP contribution in [0.1, 0.15) is 12.8 Å². The Kier molecular flexibility index (Phi) is 1.25. The Labute approximate surface area is 47.5 Å². The van der Waals surface area contributed by atoms with Crippen molar-refractivity contribution in [3.8, 4) is 0 Å². The zero-order chi connectivity index (χ0) is 6.20. The Bertz CT molecular complexity index is 92.4. The molecule has 1 atom stereocenters. The lowest BCUT2D eigenvalue weighted by Gasteiger charge is -2.10. The summed E-state index contributed by atoms with van der Waals surface area (Å²) in [5.41, 5.74) is 3.97. The van der Waals surface area contributed by atoms with E-state index in [2.05, 4.69) is 0 Å². The summed E-state index contributed by atoms with van der Waals surface area (Å²) in [4.78, 5) is 0. The van der Waals surface area contributed by atoms with Gasteiger partial charge in [0.1, 0.15) is 5.67 Å². The predicted octanol–water partition coefficient (Wildman–Crippen LogP) is -0.192. The van der Waals surface area contributed by atoms with Gasteiger partial charge in [-0.2, -0.15) is 0 Å². The molecule has 1 fully saturated rings. The van der Waals surface area contributed by atoms with E-state index in [0.29, 0.717) is 12.8 Å². The van der Waals surface area contributed by atoms with Crippen molar-refractivity contribution in [3.63, 3.8) is 0 Å². The Morgan fingerprint density at radius 2 is 2.25 bits per heavy atom. The lowest BCUT2D eigenvalue weighted by molar-refractivity contribution is 0.173. The van der Waals surface area contributed by atoms with Crippen LogP contribution in [0.3, 0.4) is 0 Å². The molecule has 3 N–H and O–H groups in total. The van der Waals surface area contributed by atoms with Crippen LogP contribution in [-0.2, 0) is 0 Å². The molecule has 1 unspecified atom stereocenters. The summed E-state index contributed by atoms with van der Waals surface area (Å²) in [6, 6.07) is -0.650. The molecule has 48 valence electrons. The lowest BCUT2D eigenvalue weighted by Crippen LogP contribution is -2.36. The normalized spacial score (nSPS) is 27.4. The summed E-state index contributed by atoms with van der Waals surface area (Å²) >= 11 is 0. The smallest absolute Gasteiger partial charge is 0.128 e. The highest BCUT2D eigenvalue weighted by Gasteiger charge is 2.48. The van der Waals surface area contributed by atoms with Crippen molar-refractivity contribution in [1.29, 1.82) is 0 Å². The van der Waals surface area contributed by atoms with Gasteiger partial charge in [0, 0.05) is 0 Å². The van der Waals surface area contributed by atoms with Gasteiger partial charge in [0.2, 0.25) is 0 Å². The highest BCUT2D eigenvalue weighted by atomic mass is 19.1. The first-order valence-corrected chi connectivity index (χ1v) is 2.74. The molecule has 0 spiro atoms. The number of aliphatic hydroxyl groups is 1. The van der Waals surface area contributed by atoms with Crippen molar-refractivity contribution in [2.45, 2.75) is 24.6 Å². The van der Waals surface area contributed by atoms with Gasteiger partial charge in [-0.1, -0.05) is 0 Å². The monoisotopic (exact) mass is 119 g/mol. The van der Waals surface area contributed by atoms with E-state index in [9.17, 15) is 4.39 Å². The molecule has 0 amide bonds. The van der Waals surface area contributed by atoms with Crippen molar-refractivity contribution in [1.82, 2.24) is 0 Å². The molecule has 3 heteroatoms. The van der Waals surface area contributed by atoms with Crippen LogP contribution in [0.25, 0.3) is 0 Å². The maximum absolute atomic E-state index is 12.6. The Balaban J connectivity index is 2.34. The minimum Gasteiger partial charge on any atom is -0.395 e. The van der Waals surface area contributed by atoms with Gasteiger partial charge >= 0.3 is 0 Å². The maximum atomic E-state index is 12.6. The first-order chi connectivity index (χ1) is 3.69. The molecule has 0 aromatic rings. The van der Waals surface area contributed by atoms with E-state index in [4.69, 9.17) is 10.8 Å². The Morgan fingerprint density at radius 3 is 2.38 bits per heavy atom. The number of alkyl halides is 1. The van der Waals surface area contributed by atoms with Crippen LogP contribution in [-0.4, -0.2) is 23.4 Å². The predicted molar refractivity (Wildman–Crippen MR) is 28.1 cm³/mol. The molecule has 0 heterocycles. The highest BCUT2D eigenvalue weighted by molar-refractivity contribution is 5.02. The third kappa shape index (κ3) is 0.833. The summed E-state index contributed by atoms with van der Waals surface area (Å²) in [7, 11) is 0. The average Bonchev–Trinajstić information content (AvgIpc) is 2.47. The van der Waals surface area contributed by atoms with E-state index >= 15 is 0 Å². The summed E-state index contributed by atoms with van der Waals surface area (Å²) in [5, 5.41) is 8.35. The largest absolute Gasteiger partial charge is 0.395 e. The molecule has 1 aliphatic rings. The second kappa shape index (κ2) is 1.67. The molecule has 2 nitrogen and oxygen atoms in total. The molecule has 0 aromatic carbocycles. The highest BCUT2D eigenvalue weighted by Crippen LogP contribution is 2.41. The lowest BCUT2D eigenvalue weighted by atomic mass is 10.2. The van der Waals surface area contributed by atoms with Crippen LogP contribution < -0.4 is 5.73 Å². The molecule has 0 radical (unpaired) electrons. The van der Waals surface area contributed by atoms with Gasteiger partial charge in [-0.05, 0) is 12.8 Å². The summed E-state index contributed by atoms with van der Waals surface area (Å²) in [6.07, 6.45) is 1.05. The first kappa shape index (κ1) is 5.98. The molecule has 0 aliphatic heterocycles. The van der Waals surface area contributed by atoms with Crippen LogP contribution in [0.2, 0.25) is 0 Å². The quantitative estimate of drug-likeness (QED) is 0.529. The number of nitrogens with two attached hydrogens (primary N) is 1. The second-order valence-electron chi connectivity index (χ2n) is 2.32. The summed E-state index contributed by atoms with van der Waals surface area (Å²) in [6.45, 7) is -0.240. The Morgan fingerprint density at radius 1 is 1.75 bits per heavy atom. The molecule has 0 aromatic heterocycles. The van der Waals surface area contributed by atoms with Crippen molar-refractivity contribution in [2.75, 3.05) is 6.61 Å². The van der Waals surface area contributed by atoms with Crippen molar-refractivity contribution in [3.05, 3.63) is 0 Å². The van der Waals surface area contributed by atoms with E-state index in [0.717, 1.165) is 0 Å². The van der Waals surface area contributed by atoms with Crippen molar-refractivity contribution in [2.24, 2.45) is 5.73 Å². The molecule has 1 rings (SSSR count). The average molecular weight is 119 g/mol. The van der Waals surface area contributed by atoms with Gasteiger partial charge in [-0.15, -0.1) is 0 Å². The van der Waals surface area contributed by atoms with Gasteiger partial charge in [0.25, 0.3) is 0 Å².